The largest absolute Gasteiger partial charge is 0.427 e. The summed E-state index contributed by atoms with van der Waals surface area (Å²) in [5.41, 5.74) is 0. The van der Waals surface area contributed by atoms with Crippen molar-refractivity contribution in [3.63, 3.8) is 0 Å². The molecule has 9 heteroatoms. The SMILES string of the molecule is [Ag+].[Br][Ag].[Cl][Ag].[O-][I+2]([O-])[O-]. The smallest absolute Gasteiger partial charge is 0.282 e. The fraction of sp³-hybridized carbons (Fsp3) is 0. The van der Waals surface area contributed by atoms with Crippen molar-refractivity contribution in [2.75, 3.05) is 0 Å². The van der Waals surface area contributed by atoms with E-state index in [4.69, 9.17) is 10.3 Å². The van der Waals surface area contributed by atoms with Crippen LogP contribution < -0.4 is 31.4 Å². The Morgan fingerprint density at radius 1 is 1.11 bits per heavy atom. The first-order chi connectivity index (χ1) is 3.73. The van der Waals surface area contributed by atoms with E-state index in [1.165, 1.54) is 0 Å². The minimum atomic E-state index is -4.01. The van der Waals surface area contributed by atoms with Gasteiger partial charge in [0.25, 0.3) is 21.1 Å². The third-order valence-electron chi connectivity index (χ3n) is 0. The Kier molecular flexibility index (Phi) is 76.2. The molecule has 0 heterocycles. The van der Waals surface area contributed by atoms with Gasteiger partial charge in [-0.25, -0.2) is 0 Å². The summed E-state index contributed by atoms with van der Waals surface area (Å²) in [6.45, 7) is 0. The first kappa shape index (κ1) is 22.9. The predicted octanol–water partition coefficient (Wildman–Crippen LogP) is -5.04. The second-order valence-electron chi connectivity index (χ2n) is 0.189. The normalized spacial score (nSPS) is 5.56. The molecule has 0 rings (SSSR count). The van der Waals surface area contributed by atoms with Crippen LogP contribution in [0.25, 0.3) is 0 Å². The molecule has 0 bridgehead atoms. The standard InChI is InChI=1S/3Ag.BrH.ClH.IO3/c;;;;;2-1(3)4/h;;;2*1H;/q3*+1;;;-1/p-2. The van der Waals surface area contributed by atoms with Gasteiger partial charge in [0.1, 0.15) is 0 Å². The molecule has 0 saturated heterocycles. The molecule has 0 aliphatic heterocycles. The Bertz CT molecular complexity index is 23.8. The van der Waals surface area contributed by atoms with Gasteiger partial charge in [0, 0.05) is 0 Å². The van der Waals surface area contributed by atoms with Crippen LogP contribution >= 0.6 is 22.2 Å². The molecule has 9 heavy (non-hydrogen) atoms. The Hall–Kier alpha value is 3.60. The van der Waals surface area contributed by atoms with Crippen molar-refractivity contribution < 1.29 is 92.7 Å². The van der Waals surface area contributed by atoms with E-state index < -0.39 is 21.1 Å². The molecule has 0 aliphatic rings. The summed E-state index contributed by atoms with van der Waals surface area (Å²) in [5, 5.41) is 0. The van der Waals surface area contributed by atoms with Crippen LogP contribution in [0.2, 0.25) is 0 Å². The van der Waals surface area contributed by atoms with E-state index in [9.17, 15) is 0 Å². The van der Waals surface area contributed by atoms with Crippen LogP contribution in [0.1, 0.15) is 0 Å². The van der Waals surface area contributed by atoms with Gasteiger partial charge in [-0.05, 0) is 0 Å². The quantitative estimate of drug-likeness (QED) is 0.203. The molecular formula is Ag3BrClIO3. The van der Waals surface area contributed by atoms with Gasteiger partial charge in [0.2, 0.25) is 0 Å². The maximum Gasteiger partial charge on any atom is 0.282 e. The summed E-state index contributed by atoms with van der Waals surface area (Å²) in [6, 6.07) is 0. The molecule has 0 amide bonds. The summed E-state index contributed by atoms with van der Waals surface area (Å²) in [4.78, 5) is 0. The van der Waals surface area contributed by atoms with Crippen molar-refractivity contribution in [3.8, 4) is 0 Å². The molecule has 0 aliphatic carbocycles. The van der Waals surface area contributed by atoms with Crippen molar-refractivity contribution in [2.45, 2.75) is 0 Å². The number of halogens is 3. The number of rotatable bonds is 0. The van der Waals surface area contributed by atoms with Gasteiger partial charge < -0.3 is 10.3 Å². The van der Waals surface area contributed by atoms with Crippen LogP contribution in [0, 0.1) is 0 Å². The Balaban J connectivity index is -0.0000000221. The summed E-state index contributed by atoms with van der Waals surface area (Å²) in [6.07, 6.45) is 0. The van der Waals surface area contributed by atoms with E-state index in [1.54, 1.807) is 0 Å². The first-order valence-electron chi connectivity index (χ1n) is 0.691. The molecule has 0 N–H and O–H groups in total. The van der Waals surface area contributed by atoms with Crippen molar-refractivity contribution in [2.24, 2.45) is 0 Å². The van der Waals surface area contributed by atoms with Crippen LogP contribution in [0.15, 0.2) is 0 Å². The third-order valence-corrected chi connectivity index (χ3v) is 0. The van der Waals surface area contributed by atoms with Crippen LogP contribution in [0.4, 0.5) is 0 Å². The van der Waals surface area contributed by atoms with Gasteiger partial charge in [-0.15, -0.1) is 0 Å². The van der Waals surface area contributed by atoms with Crippen molar-refractivity contribution >= 4 is 22.2 Å². The van der Waals surface area contributed by atoms with E-state index in [0.717, 1.165) is 0 Å². The van der Waals surface area contributed by atoms with Gasteiger partial charge in [-0.3, -0.25) is 0 Å². The minimum Gasteiger partial charge on any atom is -0.427 e. The van der Waals surface area contributed by atoms with Crippen LogP contribution in [-0.2, 0) is 61.3 Å². The van der Waals surface area contributed by atoms with Gasteiger partial charge in [-0.2, -0.15) is 0 Å². The topological polar surface area (TPSA) is 69.2 Å². The summed E-state index contributed by atoms with van der Waals surface area (Å²) in [7, 11) is 4.45. The zero-order valence-electron chi connectivity index (χ0n) is 3.26. The zero-order valence-corrected chi connectivity index (χ0v) is 12.2. The van der Waals surface area contributed by atoms with E-state index in [1.807, 2.05) is 0 Å². The fourth-order valence-corrected chi connectivity index (χ4v) is 0. The van der Waals surface area contributed by atoms with E-state index in [-0.39, 0.29) is 22.4 Å². The molecule has 3 nitrogen and oxygen atoms in total. The molecular weight excluding hydrogens is 614 g/mol. The maximum absolute atomic E-state index is 8.57. The molecule has 0 spiro atoms. The molecule has 0 aromatic rings. The summed E-state index contributed by atoms with van der Waals surface area (Å²) < 4.78 is 25.7. The molecule has 0 saturated carbocycles. The molecule has 72 valence electrons. The first-order valence-corrected chi connectivity index (χ1v) is 8.63. The van der Waals surface area contributed by atoms with Crippen LogP contribution in [-0.4, -0.2) is 0 Å². The summed E-state index contributed by atoms with van der Waals surface area (Å²) >= 11 is 3.92. The van der Waals surface area contributed by atoms with Gasteiger partial charge in [0.15, 0.2) is 0 Å². The average Bonchev–Trinajstić information content (AvgIpc) is 1.75. The predicted molar refractivity (Wildman–Crippen MR) is 14.8 cm³/mol. The maximum atomic E-state index is 8.57. The second kappa shape index (κ2) is 29.9. The monoisotopic (exact) mass is 609 g/mol. The molecule has 0 radical (unpaired) electrons. The van der Waals surface area contributed by atoms with Gasteiger partial charge in [0.05, 0.1) is 0 Å². The molecule has 0 aromatic carbocycles. The third kappa shape index (κ3) is 82.5. The fourth-order valence-electron chi connectivity index (χ4n) is 0. The van der Waals surface area contributed by atoms with Crippen LogP contribution in [0.5, 0.6) is 0 Å². The zero-order chi connectivity index (χ0) is 7.58. The van der Waals surface area contributed by atoms with Gasteiger partial charge >= 0.3 is 83.5 Å². The van der Waals surface area contributed by atoms with Crippen molar-refractivity contribution in [1.29, 1.82) is 0 Å². The molecule has 0 fully saturated rings. The average molecular weight is 614 g/mol. The molecule has 0 atom stereocenters. The van der Waals surface area contributed by atoms with E-state index >= 15 is 0 Å². The molecule has 0 aromatic heterocycles. The molecule has 0 unspecified atom stereocenters. The van der Waals surface area contributed by atoms with E-state index in [2.05, 4.69) is 61.1 Å². The number of hydrogen-bond acceptors (Lipinski definition) is 3. The summed E-state index contributed by atoms with van der Waals surface area (Å²) in [5.74, 6) is 0. The Labute approximate surface area is 112 Å². The minimum absolute atomic E-state index is 0. The van der Waals surface area contributed by atoms with Crippen molar-refractivity contribution in [3.05, 3.63) is 0 Å². The Morgan fingerprint density at radius 2 is 1.11 bits per heavy atom. The second-order valence-corrected chi connectivity index (χ2v) is 1.27. The number of hydrogen-bond donors (Lipinski definition) is 0. The Morgan fingerprint density at radius 3 is 1.11 bits per heavy atom. The van der Waals surface area contributed by atoms with Crippen molar-refractivity contribution in [1.82, 2.24) is 0 Å². The van der Waals surface area contributed by atoms with Crippen LogP contribution in [0.3, 0.4) is 0 Å². The van der Waals surface area contributed by atoms with E-state index in [0.29, 0.717) is 0 Å². The van der Waals surface area contributed by atoms with Gasteiger partial charge in [-0.1, -0.05) is 0 Å².